The number of benzene rings is 3. The van der Waals surface area contributed by atoms with E-state index in [9.17, 15) is 9.59 Å². The molecule has 0 aliphatic heterocycles. The number of thioether (sulfide) groups is 1. The smallest absolute Gasteiger partial charge is 0.243 e. The van der Waals surface area contributed by atoms with Gasteiger partial charge in [-0.15, -0.1) is 0 Å². The molecule has 0 saturated heterocycles. The van der Waals surface area contributed by atoms with Crippen LogP contribution < -0.4 is 5.32 Å². The van der Waals surface area contributed by atoms with E-state index < -0.39 is 11.6 Å². The topological polar surface area (TPSA) is 49.4 Å². The van der Waals surface area contributed by atoms with Gasteiger partial charge in [-0.1, -0.05) is 89.9 Å². The number of nitrogens with zero attached hydrogens (tertiary/aromatic N) is 1. The Kier molecular flexibility index (Phi) is 10.9. The van der Waals surface area contributed by atoms with E-state index in [1.54, 1.807) is 28.8 Å². The number of amides is 2. The molecule has 0 bridgehead atoms. The van der Waals surface area contributed by atoms with Gasteiger partial charge in [-0.05, 0) is 49.6 Å². The average Bonchev–Trinajstić information content (AvgIpc) is 2.85. The third kappa shape index (κ3) is 9.73. The van der Waals surface area contributed by atoms with E-state index in [4.69, 9.17) is 23.2 Å². The van der Waals surface area contributed by atoms with Gasteiger partial charge in [0.2, 0.25) is 11.8 Å². The fourth-order valence-electron chi connectivity index (χ4n) is 3.91. The van der Waals surface area contributed by atoms with Crippen LogP contribution in [0.15, 0.2) is 78.9 Å². The van der Waals surface area contributed by atoms with Gasteiger partial charge in [0, 0.05) is 46.5 Å². The third-order valence-electron chi connectivity index (χ3n) is 5.70. The molecule has 3 aromatic carbocycles. The first kappa shape index (κ1) is 29.1. The zero-order chi connectivity index (χ0) is 26.8. The molecule has 1 N–H and O–H groups in total. The highest BCUT2D eigenvalue weighted by atomic mass is 35.5. The number of rotatable bonds is 11. The van der Waals surface area contributed by atoms with Crippen LogP contribution >= 0.6 is 35.0 Å². The summed E-state index contributed by atoms with van der Waals surface area (Å²) in [7, 11) is 0. The summed E-state index contributed by atoms with van der Waals surface area (Å²) >= 11 is 14.3. The van der Waals surface area contributed by atoms with Crippen LogP contribution in [0.5, 0.6) is 0 Å². The van der Waals surface area contributed by atoms with Crippen molar-refractivity contribution in [2.24, 2.45) is 0 Å². The van der Waals surface area contributed by atoms with E-state index in [0.29, 0.717) is 28.6 Å². The molecule has 3 rings (SSSR count). The van der Waals surface area contributed by atoms with E-state index in [1.807, 2.05) is 75.4 Å². The molecule has 37 heavy (non-hydrogen) atoms. The first-order chi connectivity index (χ1) is 17.6. The molecule has 0 heterocycles. The van der Waals surface area contributed by atoms with Crippen molar-refractivity contribution in [3.8, 4) is 0 Å². The SMILES string of the molecule is CC(C)(C)NC(=O)[C@@H](Cc1ccccc1)N(Cc1ccc(Cl)cc1Cl)C(=O)CCSCc1ccccc1. The van der Waals surface area contributed by atoms with E-state index in [2.05, 4.69) is 17.4 Å². The fourth-order valence-corrected chi connectivity index (χ4v) is 5.27. The minimum absolute atomic E-state index is 0.0865. The molecular weight excluding hydrogens is 523 g/mol. The average molecular weight is 558 g/mol. The second-order valence-corrected chi connectivity index (χ2v) is 11.9. The summed E-state index contributed by atoms with van der Waals surface area (Å²) in [6.45, 7) is 6.03. The molecule has 0 aliphatic rings. The number of carbonyl (C=O) groups excluding carboxylic acids is 2. The largest absolute Gasteiger partial charge is 0.350 e. The van der Waals surface area contributed by atoms with Gasteiger partial charge in [0.1, 0.15) is 6.04 Å². The van der Waals surface area contributed by atoms with Crippen molar-refractivity contribution in [1.29, 1.82) is 0 Å². The Morgan fingerprint density at radius 3 is 2.14 bits per heavy atom. The molecule has 2 amide bonds. The summed E-state index contributed by atoms with van der Waals surface area (Å²) in [5, 5.41) is 4.08. The van der Waals surface area contributed by atoms with Gasteiger partial charge in [0.25, 0.3) is 0 Å². The minimum atomic E-state index is -0.694. The molecule has 0 fully saturated rings. The maximum atomic E-state index is 13.7. The van der Waals surface area contributed by atoms with Crippen molar-refractivity contribution in [3.05, 3.63) is 106 Å². The Hall–Kier alpha value is -2.47. The second kappa shape index (κ2) is 13.9. The molecule has 0 radical (unpaired) electrons. The van der Waals surface area contributed by atoms with Crippen molar-refractivity contribution >= 4 is 46.8 Å². The number of carbonyl (C=O) groups is 2. The fraction of sp³-hybridized carbons (Fsp3) is 0.333. The Bertz CT molecular complexity index is 1170. The number of hydrogen-bond acceptors (Lipinski definition) is 3. The van der Waals surface area contributed by atoms with Crippen LogP contribution in [0.3, 0.4) is 0 Å². The molecule has 0 spiro atoms. The van der Waals surface area contributed by atoms with Gasteiger partial charge in [-0.25, -0.2) is 0 Å². The van der Waals surface area contributed by atoms with E-state index >= 15 is 0 Å². The maximum Gasteiger partial charge on any atom is 0.243 e. The first-order valence-corrected chi connectivity index (χ1v) is 14.2. The van der Waals surface area contributed by atoms with E-state index in [-0.39, 0.29) is 18.4 Å². The third-order valence-corrected chi connectivity index (χ3v) is 7.31. The number of halogens is 2. The van der Waals surface area contributed by atoms with Gasteiger partial charge in [-0.2, -0.15) is 11.8 Å². The predicted octanol–water partition coefficient (Wildman–Crippen LogP) is 7.17. The summed E-state index contributed by atoms with van der Waals surface area (Å²) < 4.78 is 0. The van der Waals surface area contributed by atoms with Crippen LogP contribution in [-0.2, 0) is 28.3 Å². The molecule has 7 heteroatoms. The van der Waals surface area contributed by atoms with Gasteiger partial charge >= 0.3 is 0 Å². The minimum Gasteiger partial charge on any atom is -0.350 e. The summed E-state index contributed by atoms with van der Waals surface area (Å²) in [5.41, 5.74) is 2.51. The Morgan fingerprint density at radius 2 is 1.54 bits per heavy atom. The molecule has 0 unspecified atom stereocenters. The zero-order valence-corrected chi connectivity index (χ0v) is 23.9. The van der Waals surface area contributed by atoms with Gasteiger partial charge < -0.3 is 10.2 Å². The molecular formula is C30H34Cl2N2O2S. The summed E-state index contributed by atoms with van der Waals surface area (Å²) in [4.78, 5) is 29.0. The van der Waals surface area contributed by atoms with Crippen molar-refractivity contribution in [3.63, 3.8) is 0 Å². The zero-order valence-electron chi connectivity index (χ0n) is 21.5. The maximum absolute atomic E-state index is 13.7. The molecule has 0 aromatic heterocycles. The lowest BCUT2D eigenvalue weighted by Gasteiger charge is -2.34. The van der Waals surface area contributed by atoms with Gasteiger partial charge in [-0.3, -0.25) is 9.59 Å². The van der Waals surface area contributed by atoms with Gasteiger partial charge in [0.05, 0.1) is 0 Å². The quantitative estimate of drug-likeness (QED) is 0.254. The molecule has 1 atom stereocenters. The van der Waals surface area contributed by atoms with E-state index in [1.165, 1.54) is 5.56 Å². The summed E-state index contributed by atoms with van der Waals surface area (Å²) in [5.74, 6) is 1.20. The highest BCUT2D eigenvalue weighted by Crippen LogP contribution is 2.25. The molecule has 0 saturated carbocycles. The van der Waals surface area contributed by atoms with Crippen molar-refractivity contribution < 1.29 is 9.59 Å². The van der Waals surface area contributed by atoms with Crippen LogP contribution in [-0.4, -0.2) is 34.0 Å². The van der Waals surface area contributed by atoms with Crippen molar-refractivity contribution in [2.75, 3.05) is 5.75 Å². The Morgan fingerprint density at radius 1 is 0.919 bits per heavy atom. The lowest BCUT2D eigenvalue weighted by atomic mass is 10.0. The Labute approximate surface area is 234 Å². The summed E-state index contributed by atoms with van der Waals surface area (Å²) in [6, 6.07) is 24.5. The highest BCUT2D eigenvalue weighted by Gasteiger charge is 2.32. The number of nitrogens with one attached hydrogen (secondary N) is 1. The lowest BCUT2D eigenvalue weighted by molar-refractivity contribution is -0.141. The lowest BCUT2D eigenvalue weighted by Crippen LogP contribution is -2.54. The van der Waals surface area contributed by atoms with Crippen molar-refractivity contribution in [2.45, 2.75) is 57.5 Å². The monoisotopic (exact) mass is 556 g/mol. The van der Waals surface area contributed by atoms with Crippen LogP contribution in [0.25, 0.3) is 0 Å². The number of hydrogen-bond donors (Lipinski definition) is 1. The van der Waals surface area contributed by atoms with Crippen LogP contribution in [0.1, 0.15) is 43.9 Å². The van der Waals surface area contributed by atoms with Crippen LogP contribution in [0.4, 0.5) is 0 Å². The predicted molar refractivity (Wildman–Crippen MR) is 156 cm³/mol. The van der Waals surface area contributed by atoms with Gasteiger partial charge in [0.15, 0.2) is 0 Å². The standard InChI is InChI=1S/C30H34Cl2N2O2S/c1-30(2,3)33-29(36)27(18-22-10-6-4-7-11-22)34(20-24-14-15-25(31)19-26(24)32)28(35)16-17-37-21-23-12-8-5-9-13-23/h4-15,19,27H,16-18,20-21H2,1-3H3,(H,33,36)/t27-/m1/s1. The Balaban J connectivity index is 1.85. The molecule has 0 aliphatic carbocycles. The highest BCUT2D eigenvalue weighted by molar-refractivity contribution is 7.98. The molecule has 3 aromatic rings. The van der Waals surface area contributed by atoms with E-state index in [0.717, 1.165) is 16.9 Å². The van der Waals surface area contributed by atoms with Crippen LogP contribution in [0, 0.1) is 0 Å². The molecule has 196 valence electrons. The normalized spacial score (nSPS) is 12.1. The first-order valence-electron chi connectivity index (χ1n) is 12.3. The second-order valence-electron chi connectivity index (χ2n) is 9.99. The van der Waals surface area contributed by atoms with Crippen LogP contribution in [0.2, 0.25) is 10.0 Å². The van der Waals surface area contributed by atoms with Crippen molar-refractivity contribution in [1.82, 2.24) is 10.2 Å². The summed E-state index contributed by atoms with van der Waals surface area (Å²) in [6.07, 6.45) is 0.716. The molecule has 4 nitrogen and oxygen atoms in total.